The molecule has 2 rings (SSSR count). The van der Waals surface area contributed by atoms with Crippen molar-refractivity contribution in [2.24, 2.45) is 4.99 Å². The highest BCUT2D eigenvalue weighted by atomic mass is 127. The van der Waals surface area contributed by atoms with Crippen molar-refractivity contribution in [3.05, 3.63) is 72.4 Å². The zero-order valence-corrected chi connectivity index (χ0v) is 16.8. The van der Waals surface area contributed by atoms with Crippen molar-refractivity contribution in [1.29, 1.82) is 0 Å². The Hall–Kier alpha value is -2.09. The number of hydrogen-bond donors (Lipinski definition) is 2. The lowest BCUT2D eigenvalue weighted by Gasteiger charge is -2.11. The third-order valence-corrected chi connectivity index (χ3v) is 3.23. The van der Waals surface area contributed by atoms with Crippen molar-refractivity contribution in [2.45, 2.75) is 20.1 Å². The molecule has 0 amide bonds. The smallest absolute Gasteiger partial charge is 0.218 e. The fourth-order valence-electron chi connectivity index (χ4n) is 2.08. The third kappa shape index (κ3) is 7.55. The second kappa shape index (κ2) is 12.3. The molecule has 0 aliphatic heterocycles. The number of hydrogen-bond acceptors (Lipinski definition) is 3. The number of halogens is 1. The van der Waals surface area contributed by atoms with Gasteiger partial charge in [0.25, 0.3) is 0 Å². The van der Waals surface area contributed by atoms with E-state index in [9.17, 15) is 0 Å². The molecule has 0 aliphatic carbocycles. The van der Waals surface area contributed by atoms with E-state index in [0.717, 1.165) is 23.6 Å². The van der Waals surface area contributed by atoms with Crippen LogP contribution in [0.2, 0.25) is 0 Å². The Kier molecular flexibility index (Phi) is 10.3. The highest BCUT2D eigenvalue weighted by Gasteiger charge is 2.05. The van der Waals surface area contributed by atoms with Gasteiger partial charge in [-0.2, -0.15) is 0 Å². The van der Waals surface area contributed by atoms with E-state index in [-0.39, 0.29) is 24.0 Å². The van der Waals surface area contributed by atoms with Gasteiger partial charge < -0.3 is 15.4 Å². The Morgan fingerprint density at radius 3 is 2.72 bits per heavy atom. The van der Waals surface area contributed by atoms with E-state index in [1.54, 1.807) is 12.3 Å². The van der Waals surface area contributed by atoms with Crippen molar-refractivity contribution >= 4 is 29.9 Å². The average Bonchev–Trinajstić information content (AvgIpc) is 2.64. The molecule has 2 aromatic rings. The van der Waals surface area contributed by atoms with Crippen LogP contribution in [-0.2, 0) is 13.2 Å². The molecule has 5 nitrogen and oxygen atoms in total. The zero-order valence-electron chi connectivity index (χ0n) is 14.4. The van der Waals surface area contributed by atoms with Crippen molar-refractivity contribution < 1.29 is 4.74 Å². The minimum absolute atomic E-state index is 0. The van der Waals surface area contributed by atoms with Crippen LogP contribution in [0.5, 0.6) is 5.88 Å². The number of rotatable bonds is 8. The SMILES string of the molecule is C=CCNC(=NCc1cccnc1OCc1ccccc1)NCC.I. The summed E-state index contributed by atoms with van der Waals surface area (Å²) in [5.41, 5.74) is 2.06. The number of ether oxygens (including phenoxy) is 1. The molecule has 0 aliphatic rings. The van der Waals surface area contributed by atoms with Gasteiger partial charge in [-0.1, -0.05) is 42.5 Å². The maximum atomic E-state index is 5.86. The molecule has 6 heteroatoms. The quantitative estimate of drug-likeness (QED) is 0.279. The van der Waals surface area contributed by atoms with Crippen LogP contribution in [0.4, 0.5) is 0 Å². The number of aliphatic imine (C=N–C) groups is 1. The van der Waals surface area contributed by atoms with E-state index < -0.39 is 0 Å². The number of guanidine groups is 1. The van der Waals surface area contributed by atoms with Crippen LogP contribution < -0.4 is 15.4 Å². The van der Waals surface area contributed by atoms with E-state index in [0.29, 0.717) is 25.6 Å². The highest BCUT2D eigenvalue weighted by molar-refractivity contribution is 14.0. The standard InChI is InChI=1S/C19H24N4O.HI/c1-3-12-22-19(20-4-2)23-14-17-11-8-13-21-18(17)24-15-16-9-6-5-7-10-16;/h3,5-11,13H,1,4,12,14-15H2,2H3,(H2,20,22,23);1H. The number of benzene rings is 1. The van der Waals surface area contributed by atoms with E-state index in [1.807, 2.05) is 49.4 Å². The minimum Gasteiger partial charge on any atom is -0.473 e. The first-order valence-corrected chi connectivity index (χ1v) is 8.07. The number of aromatic nitrogens is 1. The number of pyridine rings is 1. The van der Waals surface area contributed by atoms with Gasteiger partial charge in [-0.25, -0.2) is 9.98 Å². The van der Waals surface area contributed by atoms with Gasteiger partial charge in [0.15, 0.2) is 5.96 Å². The van der Waals surface area contributed by atoms with Crippen LogP contribution >= 0.6 is 24.0 Å². The van der Waals surface area contributed by atoms with Gasteiger partial charge in [-0.05, 0) is 18.6 Å². The molecule has 0 bridgehead atoms. The van der Waals surface area contributed by atoms with Gasteiger partial charge in [0.05, 0.1) is 6.54 Å². The minimum atomic E-state index is 0. The Balaban J connectivity index is 0.00000312. The summed E-state index contributed by atoms with van der Waals surface area (Å²) in [5.74, 6) is 1.36. The molecule has 0 saturated heterocycles. The summed E-state index contributed by atoms with van der Waals surface area (Å²) in [4.78, 5) is 8.89. The van der Waals surface area contributed by atoms with Gasteiger partial charge in [-0.3, -0.25) is 0 Å². The second-order valence-corrected chi connectivity index (χ2v) is 5.11. The van der Waals surface area contributed by atoms with E-state index in [1.165, 1.54) is 0 Å². The molecular formula is C19H25IN4O. The lowest BCUT2D eigenvalue weighted by Crippen LogP contribution is -2.37. The average molecular weight is 452 g/mol. The molecular weight excluding hydrogens is 427 g/mol. The Morgan fingerprint density at radius 1 is 1.20 bits per heavy atom. The van der Waals surface area contributed by atoms with Crippen LogP contribution in [0.1, 0.15) is 18.1 Å². The lowest BCUT2D eigenvalue weighted by atomic mass is 10.2. The summed E-state index contributed by atoms with van der Waals surface area (Å²) in [6.45, 7) is 8.18. The van der Waals surface area contributed by atoms with E-state index in [4.69, 9.17) is 4.74 Å². The lowest BCUT2D eigenvalue weighted by molar-refractivity contribution is 0.290. The summed E-state index contributed by atoms with van der Waals surface area (Å²) in [7, 11) is 0. The van der Waals surface area contributed by atoms with Crippen molar-refractivity contribution in [2.75, 3.05) is 13.1 Å². The molecule has 0 fully saturated rings. The van der Waals surface area contributed by atoms with Gasteiger partial charge >= 0.3 is 0 Å². The summed E-state index contributed by atoms with van der Waals surface area (Å²) < 4.78 is 5.86. The molecule has 2 N–H and O–H groups in total. The molecule has 0 radical (unpaired) electrons. The van der Waals surface area contributed by atoms with Gasteiger partial charge in [0.1, 0.15) is 6.61 Å². The Morgan fingerprint density at radius 2 is 2.00 bits per heavy atom. The molecule has 1 aromatic heterocycles. The summed E-state index contributed by atoms with van der Waals surface area (Å²) in [6.07, 6.45) is 3.53. The van der Waals surface area contributed by atoms with Crippen molar-refractivity contribution in [3.63, 3.8) is 0 Å². The van der Waals surface area contributed by atoms with E-state index >= 15 is 0 Å². The van der Waals surface area contributed by atoms with Crippen molar-refractivity contribution in [3.8, 4) is 5.88 Å². The van der Waals surface area contributed by atoms with Crippen LogP contribution in [0, 0.1) is 0 Å². The fourth-order valence-corrected chi connectivity index (χ4v) is 2.08. The molecule has 0 unspecified atom stereocenters. The van der Waals surface area contributed by atoms with Crippen LogP contribution in [0.15, 0.2) is 66.3 Å². The van der Waals surface area contributed by atoms with Crippen LogP contribution in [0.25, 0.3) is 0 Å². The molecule has 0 spiro atoms. The summed E-state index contributed by atoms with van der Waals surface area (Å²) in [6, 6.07) is 13.9. The first-order valence-electron chi connectivity index (χ1n) is 8.07. The van der Waals surface area contributed by atoms with Crippen molar-refractivity contribution in [1.82, 2.24) is 15.6 Å². The Labute approximate surface area is 166 Å². The largest absolute Gasteiger partial charge is 0.473 e. The topological polar surface area (TPSA) is 58.5 Å². The van der Waals surface area contributed by atoms with Gasteiger partial charge in [-0.15, -0.1) is 30.6 Å². The molecule has 0 saturated carbocycles. The van der Waals surface area contributed by atoms with Gasteiger partial charge in [0.2, 0.25) is 5.88 Å². The third-order valence-electron chi connectivity index (χ3n) is 3.23. The monoisotopic (exact) mass is 452 g/mol. The maximum Gasteiger partial charge on any atom is 0.218 e. The predicted octanol–water partition coefficient (Wildman–Crippen LogP) is 3.52. The molecule has 1 heterocycles. The number of nitrogens with zero attached hydrogens (tertiary/aromatic N) is 2. The normalized spacial score (nSPS) is 10.5. The molecule has 0 atom stereocenters. The number of nitrogens with one attached hydrogen (secondary N) is 2. The zero-order chi connectivity index (χ0) is 17.0. The molecule has 1 aromatic carbocycles. The second-order valence-electron chi connectivity index (χ2n) is 5.11. The van der Waals surface area contributed by atoms with Gasteiger partial charge in [0, 0.05) is 24.8 Å². The summed E-state index contributed by atoms with van der Waals surface area (Å²) in [5, 5.41) is 6.37. The van der Waals surface area contributed by atoms with E-state index in [2.05, 4.69) is 27.2 Å². The predicted molar refractivity (Wildman–Crippen MR) is 113 cm³/mol. The molecule has 25 heavy (non-hydrogen) atoms. The fraction of sp³-hybridized carbons (Fsp3) is 0.263. The maximum absolute atomic E-state index is 5.86. The Bertz CT molecular complexity index is 661. The molecule has 134 valence electrons. The van der Waals surface area contributed by atoms with Crippen LogP contribution in [0.3, 0.4) is 0 Å². The first kappa shape index (κ1) is 21.0. The summed E-state index contributed by atoms with van der Waals surface area (Å²) >= 11 is 0. The van der Waals surface area contributed by atoms with Crippen LogP contribution in [-0.4, -0.2) is 24.0 Å². The first-order chi connectivity index (χ1) is 11.8. The highest BCUT2D eigenvalue weighted by Crippen LogP contribution is 2.17.